The number of benzene rings is 1. The molecule has 2 N–H and O–H groups in total. The van der Waals surface area contributed by atoms with Crippen molar-refractivity contribution in [2.75, 3.05) is 20.3 Å². The average Bonchev–Trinajstić information content (AvgIpc) is 2.51. The number of hydrogen-bond acceptors (Lipinski definition) is 3. The predicted molar refractivity (Wildman–Crippen MR) is 100 cm³/mol. The second-order valence-electron chi connectivity index (χ2n) is 6.92. The standard InChI is InChI=1S/C19H33N3O2/c1-7-20-18(22-15(2)13-23-6)21-12-16-9-8-10-17(11-16)14-24-19(3,4)5/h8-11,15H,7,12-14H2,1-6H3,(H2,20,21,22). The molecule has 0 spiro atoms. The fourth-order valence-electron chi connectivity index (χ4n) is 2.13. The van der Waals surface area contributed by atoms with Gasteiger partial charge < -0.3 is 20.1 Å². The number of rotatable bonds is 8. The van der Waals surface area contributed by atoms with Gasteiger partial charge in [0.15, 0.2) is 5.96 Å². The van der Waals surface area contributed by atoms with Gasteiger partial charge in [-0.2, -0.15) is 0 Å². The maximum Gasteiger partial charge on any atom is 0.191 e. The minimum Gasteiger partial charge on any atom is -0.383 e. The van der Waals surface area contributed by atoms with Gasteiger partial charge in [-0.25, -0.2) is 4.99 Å². The molecule has 0 aromatic heterocycles. The van der Waals surface area contributed by atoms with Crippen molar-refractivity contribution in [3.63, 3.8) is 0 Å². The molecule has 136 valence electrons. The van der Waals surface area contributed by atoms with Gasteiger partial charge in [0.1, 0.15) is 0 Å². The molecule has 0 heterocycles. The van der Waals surface area contributed by atoms with E-state index in [1.165, 1.54) is 11.1 Å². The van der Waals surface area contributed by atoms with E-state index in [-0.39, 0.29) is 11.6 Å². The highest BCUT2D eigenvalue weighted by Crippen LogP contribution is 2.13. The molecule has 1 aromatic carbocycles. The summed E-state index contributed by atoms with van der Waals surface area (Å²) in [6, 6.07) is 8.59. The number of guanidine groups is 1. The van der Waals surface area contributed by atoms with Gasteiger partial charge in [0.05, 0.1) is 25.4 Å². The molecule has 0 aliphatic carbocycles. The molecule has 1 atom stereocenters. The van der Waals surface area contributed by atoms with E-state index in [0.29, 0.717) is 19.8 Å². The molecule has 0 saturated heterocycles. The van der Waals surface area contributed by atoms with Gasteiger partial charge in [-0.3, -0.25) is 0 Å². The maximum atomic E-state index is 5.84. The maximum absolute atomic E-state index is 5.84. The third-order valence-corrected chi connectivity index (χ3v) is 3.23. The lowest BCUT2D eigenvalue weighted by Gasteiger charge is -2.19. The van der Waals surface area contributed by atoms with E-state index in [4.69, 9.17) is 9.47 Å². The van der Waals surface area contributed by atoms with E-state index in [2.05, 4.69) is 74.5 Å². The van der Waals surface area contributed by atoms with Crippen molar-refractivity contribution in [2.24, 2.45) is 4.99 Å². The molecule has 5 heteroatoms. The number of nitrogens with zero attached hydrogens (tertiary/aromatic N) is 1. The first kappa shape index (κ1) is 20.5. The van der Waals surface area contributed by atoms with Crippen LogP contribution in [0.25, 0.3) is 0 Å². The van der Waals surface area contributed by atoms with Gasteiger partial charge in [0.2, 0.25) is 0 Å². The third-order valence-electron chi connectivity index (χ3n) is 3.23. The third kappa shape index (κ3) is 8.89. The van der Waals surface area contributed by atoms with Crippen LogP contribution in [0.1, 0.15) is 45.7 Å². The first-order valence-corrected chi connectivity index (χ1v) is 8.59. The molecule has 1 unspecified atom stereocenters. The first-order chi connectivity index (χ1) is 11.3. The Kier molecular flexibility index (Phi) is 8.79. The van der Waals surface area contributed by atoms with Crippen LogP contribution >= 0.6 is 0 Å². The van der Waals surface area contributed by atoms with Crippen molar-refractivity contribution in [1.29, 1.82) is 0 Å². The smallest absolute Gasteiger partial charge is 0.191 e. The van der Waals surface area contributed by atoms with Crippen molar-refractivity contribution in [3.8, 4) is 0 Å². The summed E-state index contributed by atoms with van der Waals surface area (Å²) >= 11 is 0. The molecule has 0 saturated carbocycles. The van der Waals surface area contributed by atoms with Crippen molar-refractivity contribution in [2.45, 2.75) is 59.4 Å². The van der Waals surface area contributed by atoms with E-state index in [1.54, 1.807) is 7.11 Å². The number of aliphatic imine (C=N–C) groups is 1. The summed E-state index contributed by atoms with van der Waals surface area (Å²) in [6.45, 7) is 13.0. The fraction of sp³-hybridized carbons (Fsp3) is 0.632. The van der Waals surface area contributed by atoms with Crippen molar-refractivity contribution >= 4 is 5.96 Å². The van der Waals surface area contributed by atoms with E-state index in [1.807, 2.05) is 0 Å². The Morgan fingerprint density at radius 2 is 1.96 bits per heavy atom. The van der Waals surface area contributed by atoms with Crippen molar-refractivity contribution in [1.82, 2.24) is 10.6 Å². The van der Waals surface area contributed by atoms with Crippen LogP contribution in [-0.2, 0) is 22.6 Å². The van der Waals surface area contributed by atoms with E-state index < -0.39 is 0 Å². The Balaban J connectivity index is 2.68. The number of ether oxygens (including phenoxy) is 2. The fourth-order valence-corrected chi connectivity index (χ4v) is 2.13. The molecular formula is C19H33N3O2. The van der Waals surface area contributed by atoms with E-state index in [9.17, 15) is 0 Å². The summed E-state index contributed by atoms with van der Waals surface area (Å²) in [5.41, 5.74) is 2.21. The Labute approximate surface area is 146 Å². The molecule has 0 bridgehead atoms. The largest absolute Gasteiger partial charge is 0.383 e. The molecular weight excluding hydrogens is 302 g/mol. The second-order valence-corrected chi connectivity index (χ2v) is 6.92. The molecule has 0 aliphatic rings. The van der Waals surface area contributed by atoms with Crippen LogP contribution in [0.3, 0.4) is 0 Å². The molecule has 0 aliphatic heterocycles. The topological polar surface area (TPSA) is 54.9 Å². The average molecular weight is 335 g/mol. The zero-order valence-corrected chi connectivity index (χ0v) is 16.0. The highest BCUT2D eigenvalue weighted by atomic mass is 16.5. The van der Waals surface area contributed by atoms with Crippen LogP contribution in [-0.4, -0.2) is 37.9 Å². The highest BCUT2D eigenvalue weighted by Gasteiger charge is 2.10. The summed E-state index contributed by atoms with van der Waals surface area (Å²) in [4.78, 5) is 4.65. The minimum atomic E-state index is -0.131. The van der Waals surface area contributed by atoms with Gasteiger partial charge in [0, 0.05) is 19.7 Å². The van der Waals surface area contributed by atoms with Crippen LogP contribution in [0.4, 0.5) is 0 Å². The Bertz CT molecular complexity index is 510. The molecule has 0 radical (unpaired) electrons. The van der Waals surface area contributed by atoms with Crippen LogP contribution in [0, 0.1) is 0 Å². The molecule has 5 nitrogen and oxygen atoms in total. The number of nitrogens with one attached hydrogen (secondary N) is 2. The zero-order chi connectivity index (χ0) is 18.0. The minimum absolute atomic E-state index is 0.131. The molecule has 0 fully saturated rings. The lowest BCUT2D eigenvalue weighted by molar-refractivity contribution is -0.0149. The van der Waals surface area contributed by atoms with E-state index in [0.717, 1.165) is 12.5 Å². The number of methoxy groups -OCH3 is 1. The lowest BCUT2D eigenvalue weighted by atomic mass is 10.1. The van der Waals surface area contributed by atoms with Gasteiger partial charge in [-0.1, -0.05) is 24.3 Å². The SMILES string of the molecule is CCNC(=NCc1cccc(COC(C)(C)C)c1)NC(C)COC. The second kappa shape index (κ2) is 10.3. The van der Waals surface area contributed by atoms with Crippen LogP contribution in [0.15, 0.2) is 29.3 Å². The highest BCUT2D eigenvalue weighted by molar-refractivity contribution is 5.80. The van der Waals surface area contributed by atoms with Crippen LogP contribution < -0.4 is 10.6 Å². The molecule has 1 rings (SSSR count). The summed E-state index contributed by atoms with van der Waals surface area (Å²) in [7, 11) is 1.70. The van der Waals surface area contributed by atoms with E-state index >= 15 is 0 Å². The Morgan fingerprint density at radius 1 is 1.25 bits per heavy atom. The summed E-state index contributed by atoms with van der Waals surface area (Å²) in [5.74, 6) is 0.804. The molecule has 1 aromatic rings. The normalized spacial score (nSPS) is 13.7. The first-order valence-electron chi connectivity index (χ1n) is 8.59. The van der Waals surface area contributed by atoms with Gasteiger partial charge in [0.25, 0.3) is 0 Å². The van der Waals surface area contributed by atoms with Crippen LogP contribution in [0.2, 0.25) is 0 Å². The molecule has 0 amide bonds. The summed E-state index contributed by atoms with van der Waals surface area (Å²) in [6.07, 6.45) is 0. The van der Waals surface area contributed by atoms with Gasteiger partial charge in [-0.05, 0) is 45.7 Å². The quantitative estimate of drug-likeness (QED) is 0.566. The molecule has 24 heavy (non-hydrogen) atoms. The predicted octanol–water partition coefficient (Wildman–Crippen LogP) is 3.09. The zero-order valence-electron chi connectivity index (χ0n) is 16.0. The van der Waals surface area contributed by atoms with Gasteiger partial charge >= 0.3 is 0 Å². The summed E-state index contributed by atoms with van der Waals surface area (Å²) < 4.78 is 11.0. The Morgan fingerprint density at radius 3 is 2.58 bits per heavy atom. The lowest BCUT2D eigenvalue weighted by Crippen LogP contribution is -2.43. The van der Waals surface area contributed by atoms with Crippen molar-refractivity contribution in [3.05, 3.63) is 35.4 Å². The Hall–Kier alpha value is -1.59. The van der Waals surface area contributed by atoms with Crippen LogP contribution in [0.5, 0.6) is 0 Å². The van der Waals surface area contributed by atoms with Gasteiger partial charge in [-0.15, -0.1) is 0 Å². The monoisotopic (exact) mass is 335 g/mol. The summed E-state index contributed by atoms with van der Waals surface area (Å²) in [5, 5.41) is 6.60. The van der Waals surface area contributed by atoms with Crippen molar-refractivity contribution < 1.29 is 9.47 Å². The number of hydrogen-bond donors (Lipinski definition) is 2.